The first-order chi connectivity index (χ1) is 13.2. The zero-order valence-corrected chi connectivity index (χ0v) is 16.5. The van der Waals surface area contributed by atoms with E-state index < -0.39 is 0 Å². The van der Waals surface area contributed by atoms with Crippen molar-refractivity contribution in [1.29, 1.82) is 0 Å². The van der Waals surface area contributed by atoms with Gasteiger partial charge in [0.15, 0.2) is 0 Å². The van der Waals surface area contributed by atoms with Crippen molar-refractivity contribution in [1.82, 2.24) is 15.1 Å². The smallest absolute Gasteiger partial charge is 0.224 e. The molecule has 1 atom stereocenters. The molecule has 1 saturated carbocycles. The highest BCUT2D eigenvalue weighted by Crippen LogP contribution is 2.26. The molecular weight excluding hydrogens is 338 g/mol. The summed E-state index contributed by atoms with van der Waals surface area (Å²) in [6.45, 7) is 5.39. The van der Waals surface area contributed by atoms with E-state index in [0.29, 0.717) is 18.0 Å². The Hall–Kier alpha value is -1.59. The van der Waals surface area contributed by atoms with Gasteiger partial charge in [0.2, 0.25) is 5.91 Å². The number of nitrogens with one attached hydrogen (secondary N) is 1. The fourth-order valence-corrected chi connectivity index (χ4v) is 4.57. The summed E-state index contributed by atoms with van der Waals surface area (Å²) in [7, 11) is 1.72. The van der Waals surface area contributed by atoms with Gasteiger partial charge in [0.1, 0.15) is 5.75 Å². The lowest BCUT2D eigenvalue weighted by molar-refractivity contribution is -0.127. The summed E-state index contributed by atoms with van der Waals surface area (Å²) in [4.78, 5) is 17.6. The Kier molecular flexibility index (Phi) is 5.98. The van der Waals surface area contributed by atoms with Gasteiger partial charge in [-0.3, -0.25) is 14.6 Å². The second-order valence-electron chi connectivity index (χ2n) is 8.48. The van der Waals surface area contributed by atoms with Crippen LogP contribution in [0, 0.1) is 5.92 Å². The van der Waals surface area contributed by atoms with Crippen LogP contribution in [0.15, 0.2) is 24.3 Å². The maximum Gasteiger partial charge on any atom is 0.224 e. The highest BCUT2D eigenvalue weighted by atomic mass is 16.5. The van der Waals surface area contributed by atoms with Crippen LogP contribution in [-0.4, -0.2) is 61.1 Å². The van der Waals surface area contributed by atoms with Crippen molar-refractivity contribution < 1.29 is 9.53 Å². The fraction of sp³-hybridized carbons (Fsp3) is 0.682. The summed E-state index contributed by atoms with van der Waals surface area (Å²) in [5, 5.41) is 3.21. The van der Waals surface area contributed by atoms with Crippen molar-refractivity contribution in [2.24, 2.45) is 5.92 Å². The third-order valence-electron chi connectivity index (χ3n) is 6.36. The number of likely N-dealkylation sites (tertiary alicyclic amines) is 2. The molecule has 0 bridgehead atoms. The Morgan fingerprint density at radius 3 is 2.70 bits per heavy atom. The van der Waals surface area contributed by atoms with Crippen molar-refractivity contribution in [2.75, 3.05) is 33.3 Å². The van der Waals surface area contributed by atoms with E-state index in [1.54, 1.807) is 7.11 Å². The van der Waals surface area contributed by atoms with Gasteiger partial charge in [0, 0.05) is 25.2 Å². The van der Waals surface area contributed by atoms with Crippen LogP contribution in [0.4, 0.5) is 0 Å². The highest BCUT2D eigenvalue weighted by Gasteiger charge is 2.33. The fourth-order valence-electron chi connectivity index (χ4n) is 4.57. The molecule has 27 heavy (non-hydrogen) atoms. The molecule has 1 aliphatic carbocycles. The van der Waals surface area contributed by atoms with Crippen molar-refractivity contribution in [3.63, 3.8) is 0 Å². The number of carbonyl (C=O) groups is 1. The van der Waals surface area contributed by atoms with Crippen LogP contribution in [0.1, 0.15) is 44.1 Å². The van der Waals surface area contributed by atoms with Gasteiger partial charge in [-0.1, -0.05) is 12.1 Å². The molecule has 3 aliphatic rings. The lowest BCUT2D eigenvalue weighted by atomic mass is 9.93. The molecule has 2 saturated heterocycles. The van der Waals surface area contributed by atoms with E-state index in [4.69, 9.17) is 4.74 Å². The number of benzene rings is 1. The number of rotatable bonds is 6. The first kappa shape index (κ1) is 18.8. The number of piperidine rings is 2. The Morgan fingerprint density at radius 2 is 1.96 bits per heavy atom. The van der Waals surface area contributed by atoms with E-state index in [2.05, 4.69) is 33.3 Å². The maximum absolute atomic E-state index is 12.4. The van der Waals surface area contributed by atoms with Gasteiger partial charge in [0.05, 0.1) is 13.0 Å². The molecule has 1 aromatic rings. The molecule has 3 fully saturated rings. The Labute approximate surface area is 163 Å². The number of carbonyl (C=O) groups excluding carboxylic acids is 1. The molecule has 0 radical (unpaired) electrons. The number of methoxy groups -OCH3 is 1. The van der Waals surface area contributed by atoms with E-state index in [1.807, 2.05) is 6.07 Å². The molecule has 0 spiro atoms. The normalized spacial score (nSPS) is 25.3. The van der Waals surface area contributed by atoms with E-state index in [-0.39, 0.29) is 5.92 Å². The second-order valence-corrected chi connectivity index (χ2v) is 8.48. The standard InChI is InChI=1S/C22H33N3O2/c1-27-21-6-2-4-17(14-21)15-24-12-9-20(10-13-24)25-11-3-5-18(16-25)22(26)23-19-7-8-19/h2,4,6,14,18-20H,3,5,7-13,15-16H2,1H3,(H,23,26)/t18-/m0/s1. The number of hydrogen-bond acceptors (Lipinski definition) is 4. The minimum absolute atomic E-state index is 0.203. The van der Waals surface area contributed by atoms with E-state index in [9.17, 15) is 4.79 Å². The lowest BCUT2D eigenvalue weighted by Gasteiger charge is -2.42. The SMILES string of the molecule is COc1cccc(CN2CCC(N3CCC[C@H](C(=O)NC4CC4)C3)CC2)c1. The number of hydrogen-bond donors (Lipinski definition) is 1. The van der Waals surface area contributed by atoms with Crippen LogP contribution in [0.5, 0.6) is 5.75 Å². The van der Waals surface area contributed by atoms with E-state index in [1.165, 1.54) is 31.2 Å². The summed E-state index contributed by atoms with van der Waals surface area (Å²) in [6, 6.07) is 9.52. The topological polar surface area (TPSA) is 44.8 Å². The van der Waals surface area contributed by atoms with Crippen LogP contribution in [0.25, 0.3) is 0 Å². The molecular formula is C22H33N3O2. The van der Waals surface area contributed by atoms with Gasteiger partial charge in [-0.15, -0.1) is 0 Å². The molecule has 1 aromatic carbocycles. The molecule has 2 aliphatic heterocycles. The van der Waals surface area contributed by atoms with E-state index in [0.717, 1.165) is 51.3 Å². The highest BCUT2D eigenvalue weighted by molar-refractivity contribution is 5.79. The molecule has 5 heteroatoms. The monoisotopic (exact) mass is 371 g/mol. The molecule has 1 N–H and O–H groups in total. The largest absolute Gasteiger partial charge is 0.497 e. The minimum Gasteiger partial charge on any atom is -0.497 e. The molecule has 2 heterocycles. The summed E-state index contributed by atoms with van der Waals surface area (Å²) >= 11 is 0. The maximum atomic E-state index is 12.4. The van der Waals surface area contributed by atoms with E-state index >= 15 is 0 Å². The van der Waals surface area contributed by atoms with Gasteiger partial charge < -0.3 is 10.1 Å². The van der Waals surface area contributed by atoms with Crippen LogP contribution < -0.4 is 10.1 Å². The van der Waals surface area contributed by atoms with Gasteiger partial charge in [-0.25, -0.2) is 0 Å². The second kappa shape index (κ2) is 8.61. The van der Waals surface area contributed by atoms with Gasteiger partial charge in [-0.05, 0) is 75.9 Å². The zero-order chi connectivity index (χ0) is 18.6. The summed E-state index contributed by atoms with van der Waals surface area (Å²) in [6.07, 6.45) is 6.99. The lowest BCUT2D eigenvalue weighted by Crippen LogP contribution is -2.50. The zero-order valence-electron chi connectivity index (χ0n) is 16.5. The van der Waals surface area contributed by atoms with Gasteiger partial charge in [-0.2, -0.15) is 0 Å². The Bertz CT molecular complexity index is 638. The Morgan fingerprint density at radius 1 is 1.15 bits per heavy atom. The number of ether oxygens (including phenoxy) is 1. The summed E-state index contributed by atoms with van der Waals surface area (Å²) in [5.41, 5.74) is 1.32. The predicted octanol–water partition coefficient (Wildman–Crippen LogP) is 2.65. The van der Waals surface area contributed by atoms with Crippen LogP contribution in [0.2, 0.25) is 0 Å². The first-order valence-electron chi connectivity index (χ1n) is 10.6. The summed E-state index contributed by atoms with van der Waals surface area (Å²) in [5.74, 6) is 1.44. The molecule has 1 amide bonds. The Balaban J connectivity index is 1.25. The average molecular weight is 372 g/mol. The first-order valence-corrected chi connectivity index (χ1v) is 10.6. The van der Waals surface area contributed by atoms with Crippen LogP contribution >= 0.6 is 0 Å². The summed E-state index contributed by atoms with van der Waals surface area (Å²) < 4.78 is 5.34. The van der Waals surface area contributed by atoms with Crippen molar-refractivity contribution in [2.45, 2.75) is 57.2 Å². The van der Waals surface area contributed by atoms with Gasteiger partial charge in [0.25, 0.3) is 0 Å². The molecule has 5 nitrogen and oxygen atoms in total. The van der Waals surface area contributed by atoms with Crippen LogP contribution in [-0.2, 0) is 11.3 Å². The van der Waals surface area contributed by atoms with Crippen molar-refractivity contribution >= 4 is 5.91 Å². The number of amides is 1. The van der Waals surface area contributed by atoms with Crippen molar-refractivity contribution in [3.05, 3.63) is 29.8 Å². The average Bonchev–Trinajstić information content (AvgIpc) is 3.53. The third kappa shape index (κ3) is 5.02. The quantitative estimate of drug-likeness (QED) is 0.835. The number of nitrogens with zero attached hydrogens (tertiary/aromatic N) is 2. The molecule has 0 aromatic heterocycles. The molecule has 0 unspecified atom stereocenters. The predicted molar refractivity (Wildman–Crippen MR) is 107 cm³/mol. The molecule has 148 valence electrons. The van der Waals surface area contributed by atoms with Crippen molar-refractivity contribution in [3.8, 4) is 5.75 Å². The van der Waals surface area contributed by atoms with Crippen LogP contribution in [0.3, 0.4) is 0 Å². The van der Waals surface area contributed by atoms with Gasteiger partial charge >= 0.3 is 0 Å². The minimum atomic E-state index is 0.203. The molecule has 4 rings (SSSR count). The third-order valence-corrected chi connectivity index (χ3v) is 6.36.